The Morgan fingerprint density at radius 2 is 2.18 bits per heavy atom. The summed E-state index contributed by atoms with van der Waals surface area (Å²) in [7, 11) is 1.35. The highest BCUT2D eigenvalue weighted by molar-refractivity contribution is 5.79. The van der Waals surface area contributed by atoms with Crippen molar-refractivity contribution in [3.05, 3.63) is 30.1 Å². The molecule has 3 nitrogen and oxygen atoms in total. The third-order valence-electron chi connectivity index (χ3n) is 2.36. The molecule has 0 amide bonds. The van der Waals surface area contributed by atoms with E-state index in [1.165, 1.54) is 19.2 Å². The van der Waals surface area contributed by atoms with Gasteiger partial charge in [-0.25, -0.2) is 9.18 Å². The zero-order valence-electron chi connectivity index (χ0n) is 10.4. The average molecular weight is 239 g/mol. The molecule has 94 valence electrons. The number of ether oxygens (including phenoxy) is 1. The Morgan fingerprint density at radius 1 is 1.47 bits per heavy atom. The molecule has 0 spiro atoms. The molecule has 0 aromatic heterocycles. The molecule has 0 aliphatic rings. The molecule has 1 N–H and O–H groups in total. The van der Waals surface area contributed by atoms with Crippen LogP contribution in [0.1, 0.15) is 20.3 Å². The number of esters is 1. The predicted molar refractivity (Wildman–Crippen MR) is 65.3 cm³/mol. The van der Waals surface area contributed by atoms with Gasteiger partial charge in [0.2, 0.25) is 0 Å². The van der Waals surface area contributed by atoms with Crippen molar-refractivity contribution in [1.29, 1.82) is 0 Å². The highest BCUT2D eigenvalue weighted by Crippen LogP contribution is 2.15. The maximum atomic E-state index is 13.0. The second-order valence-corrected chi connectivity index (χ2v) is 4.36. The third kappa shape index (κ3) is 4.43. The van der Waals surface area contributed by atoms with E-state index in [9.17, 15) is 9.18 Å². The van der Waals surface area contributed by atoms with E-state index in [0.29, 0.717) is 18.0 Å². The predicted octanol–water partition coefficient (Wildman–Crippen LogP) is 2.83. The molecule has 1 aromatic carbocycles. The van der Waals surface area contributed by atoms with E-state index in [0.717, 1.165) is 0 Å². The minimum absolute atomic E-state index is 0.330. The highest BCUT2D eigenvalue weighted by atomic mass is 19.1. The van der Waals surface area contributed by atoms with Crippen LogP contribution in [0.2, 0.25) is 0 Å². The molecule has 1 atom stereocenters. The molecule has 1 rings (SSSR count). The van der Waals surface area contributed by atoms with Crippen LogP contribution in [0.15, 0.2) is 24.3 Å². The fourth-order valence-electron chi connectivity index (χ4n) is 1.61. The van der Waals surface area contributed by atoms with Gasteiger partial charge in [0.25, 0.3) is 0 Å². The van der Waals surface area contributed by atoms with E-state index in [4.69, 9.17) is 4.74 Å². The Balaban J connectivity index is 2.75. The van der Waals surface area contributed by atoms with Crippen molar-refractivity contribution in [3.63, 3.8) is 0 Å². The van der Waals surface area contributed by atoms with Gasteiger partial charge in [-0.1, -0.05) is 19.9 Å². The number of hydrogen-bond donors (Lipinski definition) is 1. The van der Waals surface area contributed by atoms with Crippen LogP contribution in [0.25, 0.3) is 0 Å². The number of carbonyl (C=O) groups excluding carboxylic acids is 1. The summed E-state index contributed by atoms with van der Waals surface area (Å²) < 4.78 is 17.7. The van der Waals surface area contributed by atoms with Crippen molar-refractivity contribution in [2.24, 2.45) is 5.92 Å². The van der Waals surface area contributed by atoms with Crippen LogP contribution in [0.5, 0.6) is 0 Å². The summed E-state index contributed by atoms with van der Waals surface area (Å²) >= 11 is 0. The number of halogens is 1. The summed E-state index contributed by atoms with van der Waals surface area (Å²) in [4.78, 5) is 11.6. The average Bonchev–Trinajstić information content (AvgIpc) is 2.26. The lowest BCUT2D eigenvalue weighted by Crippen LogP contribution is -2.32. The molecule has 0 saturated carbocycles. The van der Waals surface area contributed by atoms with Gasteiger partial charge in [-0.3, -0.25) is 0 Å². The van der Waals surface area contributed by atoms with E-state index in [2.05, 4.69) is 5.32 Å². The first-order chi connectivity index (χ1) is 8.02. The lowest BCUT2D eigenvalue weighted by molar-refractivity contribution is -0.141. The Kier molecular flexibility index (Phi) is 4.94. The van der Waals surface area contributed by atoms with Gasteiger partial charge in [-0.15, -0.1) is 0 Å². The summed E-state index contributed by atoms with van der Waals surface area (Å²) in [5.41, 5.74) is 0.584. The second kappa shape index (κ2) is 6.23. The lowest BCUT2D eigenvalue weighted by Gasteiger charge is -2.19. The molecule has 0 aliphatic heterocycles. The van der Waals surface area contributed by atoms with Crippen LogP contribution in [0.3, 0.4) is 0 Å². The number of carbonyl (C=O) groups is 1. The minimum atomic E-state index is -0.443. The Bertz CT molecular complexity index is 379. The van der Waals surface area contributed by atoms with Crippen molar-refractivity contribution in [2.45, 2.75) is 26.3 Å². The molecule has 0 bridgehead atoms. The molecule has 1 unspecified atom stereocenters. The summed E-state index contributed by atoms with van der Waals surface area (Å²) in [5.74, 6) is -0.314. The first kappa shape index (κ1) is 13.5. The fourth-order valence-corrected chi connectivity index (χ4v) is 1.61. The number of anilines is 1. The van der Waals surface area contributed by atoms with Gasteiger partial charge in [-0.05, 0) is 30.5 Å². The van der Waals surface area contributed by atoms with Crippen LogP contribution >= 0.6 is 0 Å². The molecule has 17 heavy (non-hydrogen) atoms. The quantitative estimate of drug-likeness (QED) is 0.803. The molecule has 0 heterocycles. The molecule has 0 aliphatic carbocycles. The van der Waals surface area contributed by atoms with Gasteiger partial charge in [-0.2, -0.15) is 0 Å². The smallest absolute Gasteiger partial charge is 0.328 e. The van der Waals surface area contributed by atoms with E-state index < -0.39 is 6.04 Å². The minimum Gasteiger partial charge on any atom is -0.467 e. The summed E-state index contributed by atoms with van der Waals surface area (Å²) in [5, 5.41) is 2.99. The number of nitrogens with one attached hydrogen (secondary N) is 1. The fraction of sp³-hybridized carbons (Fsp3) is 0.462. The number of benzene rings is 1. The Hall–Kier alpha value is -1.58. The maximum absolute atomic E-state index is 13.0. The van der Waals surface area contributed by atoms with Gasteiger partial charge in [0.15, 0.2) is 0 Å². The standard InChI is InChI=1S/C13H18FNO2/c1-9(2)7-12(13(16)17-3)15-11-6-4-5-10(14)8-11/h4-6,8-9,12,15H,7H2,1-3H3. The maximum Gasteiger partial charge on any atom is 0.328 e. The third-order valence-corrected chi connectivity index (χ3v) is 2.36. The molecule has 0 radical (unpaired) electrons. The zero-order chi connectivity index (χ0) is 12.8. The van der Waals surface area contributed by atoms with Gasteiger partial charge < -0.3 is 10.1 Å². The van der Waals surface area contributed by atoms with Crippen molar-refractivity contribution in [1.82, 2.24) is 0 Å². The summed E-state index contributed by atoms with van der Waals surface area (Å²) in [6.45, 7) is 4.03. The SMILES string of the molecule is COC(=O)C(CC(C)C)Nc1cccc(F)c1. The van der Waals surface area contributed by atoms with Gasteiger partial charge >= 0.3 is 5.97 Å². The number of hydrogen-bond acceptors (Lipinski definition) is 3. The molecule has 4 heteroatoms. The molecular weight excluding hydrogens is 221 g/mol. The van der Waals surface area contributed by atoms with Crippen LogP contribution in [-0.2, 0) is 9.53 Å². The van der Waals surface area contributed by atoms with Gasteiger partial charge in [0.05, 0.1) is 7.11 Å². The van der Waals surface area contributed by atoms with Crippen molar-refractivity contribution in [3.8, 4) is 0 Å². The topological polar surface area (TPSA) is 38.3 Å². The van der Waals surface area contributed by atoms with E-state index in [1.807, 2.05) is 13.8 Å². The van der Waals surface area contributed by atoms with E-state index >= 15 is 0 Å². The molecular formula is C13H18FNO2. The zero-order valence-corrected chi connectivity index (χ0v) is 10.4. The number of rotatable bonds is 5. The summed E-state index contributed by atoms with van der Waals surface area (Å²) in [6.07, 6.45) is 0.642. The van der Waals surface area contributed by atoms with Crippen LogP contribution in [0.4, 0.5) is 10.1 Å². The summed E-state index contributed by atoms with van der Waals surface area (Å²) in [6, 6.07) is 5.60. The first-order valence-corrected chi connectivity index (χ1v) is 5.63. The Morgan fingerprint density at radius 3 is 2.71 bits per heavy atom. The van der Waals surface area contributed by atoms with E-state index in [-0.39, 0.29) is 11.8 Å². The second-order valence-electron chi connectivity index (χ2n) is 4.36. The number of methoxy groups -OCH3 is 1. The first-order valence-electron chi connectivity index (χ1n) is 5.63. The van der Waals surface area contributed by atoms with Crippen LogP contribution in [-0.4, -0.2) is 19.1 Å². The van der Waals surface area contributed by atoms with Gasteiger partial charge in [0.1, 0.15) is 11.9 Å². The van der Waals surface area contributed by atoms with Crippen LogP contribution in [0, 0.1) is 11.7 Å². The van der Waals surface area contributed by atoms with Crippen molar-refractivity contribution < 1.29 is 13.9 Å². The largest absolute Gasteiger partial charge is 0.467 e. The Labute approximate surface area is 101 Å². The molecule has 0 fully saturated rings. The van der Waals surface area contributed by atoms with Crippen LogP contribution < -0.4 is 5.32 Å². The molecule has 0 saturated heterocycles. The highest BCUT2D eigenvalue weighted by Gasteiger charge is 2.20. The lowest BCUT2D eigenvalue weighted by atomic mass is 10.0. The van der Waals surface area contributed by atoms with Gasteiger partial charge in [0, 0.05) is 5.69 Å². The van der Waals surface area contributed by atoms with E-state index in [1.54, 1.807) is 12.1 Å². The monoisotopic (exact) mass is 239 g/mol. The normalized spacial score (nSPS) is 12.3. The van der Waals surface area contributed by atoms with Crippen molar-refractivity contribution >= 4 is 11.7 Å². The molecule has 1 aromatic rings. The van der Waals surface area contributed by atoms with Crippen molar-refractivity contribution in [2.75, 3.05) is 12.4 Å².